The number of nitrogens with zero attached hydrogens (tertiary/aromatic N) is 2. The van der Waals surface area contributed by atoms with Crippen molar-refractivity contribution < 1.29 is 9.59 Å². The van der Waals surface area contributed by atoms with Crippen molar-refractivity contribution in [3.05, 3.63) is 0 Å². The summed E-state index contributed by atoms with van der Waals surface area (Å²) in [4.78, 5) is 26.0. The molecule has 5 nitrogen and oxygen atoms in total. The van der Waals surface area contributed by atoms with E-state index < -0.39 is 0 Å². The van der Waals surface area contributed by atoms with Gasteiger partial charge in [0.2, 0.25) is 5.91 Å². The molecule has 1 aliphatic carbocycles. The Hall–Kier alpha value is -1.26. The fraction of sp³-hybridized carbons (Fsp3) is 0.800. The Bertz CT molecular complexity index is 251. The number of carbonyl (C=O) groups is 2. The van der Waals surface area contributed by atoms with Crippen LogP contribution in [0.15, 0.2) is 0 Å². The average Bonchev–Trinajstić information content (AvgIpc) is 2.98. The smallest absolute Gasteiger partial charge is 0.319 e. The zero-order chi connectivity index (χ0) is 11.4. The molecule has 15 heavy (non-hydrogen) atoms. The summed E-state index contributed by atoms with van der Waals surface area (Å²) in [6, 6.07) is 0.230. The third kappa shape index (κ3) is 3.77. The zero-order valence-electron chi connectivity index (χ0n) is 9.62. The van der Waals surface area contributed by atoms with Crippen LogP contribution in [-0.4, -0.2) is 55.0 Å². The molecule has 0 aromatic carbocycles. The lowest BCUT2D eigenvalue weighted by Crippen LogP contribution is -2.44. The van der Waals surface area contributed by atoms with Gasteiger partial charge in [0.05, 0.1) is 0 Å². The van der Waals surface area contributed by atoms with Crippen molar-refractivity contribution in [1.29, 1.82) is 0 Å². The van der Waals surface area contributed by atoms with Crippen molar-refractivity contribution in [2.24, 2.45) is 0 Å². The van der Waals surface area contributed by atoms with Crippen molar-refractivity contribution >= 4 is 11.9 Å². The number of hydrogen-bond acceptors (Lipinski definition) is 2. The van der Waals surface area contributed by atoms with Gasteiger partial charge in [0.25, 0.3) is 0 Å². The van der Waals surface area contributed by atoms with Crippen LogP contribution in [0.25, 0.3) is 0 Å². The second kappa shape index (κ2) is 5.00. The molecule has 0 spiro atoms. The highest BCUT2D eigenvalue weighted by Crippen LogP contribution is 2.18. The first-order valence-corrected chi connectivity index (χ1v) is 5.30. The highest BCUT2D eigenvalue weighted by molar-refractivity contribution is 5.84. The van der Waals surface area contributed by atoms with Crippen LogP contribution in [0.5, 0.6) is 0 Å². The third-order valence-electron chi connectivity index (χ3n) is 2.45. The molecule has 0 heterocycles. The van der Waals surface area contributed by atoms with Crippen LogP contribution < -0.4 is 5.32 Å². The standard InChI is InChI=1S/C10H19N3O2/c1-4-12(2)10(15)13(3)7-9(14)11-8-5-6-8/h8H,4-7H2,1-3H3,(H,11,14). The zero-order valence-corrected chi connectivity index (χ0v) is 9.62. The van der Waals surface area contributed by atoms with Crippen LogP contribution in [0, 0.1) is 0 Å². The predicted molar refractivity (Wildman–Crippen MR) is 57.5 cm³/mol. The molecule has 0 atom stereocenters. The Morgan fingerprint density at radius 3 is 2.33 bits per heavy atom. The summed E-state index contributed by atoms with van der Waals surface area (Å²) in [5, 5.41) is 2.85. The van der Waals surface area contributed by atoms with Gasteiger partial charge in [-0.2, -0.15) is 0 Å². The Morgan fingerprint density at radius 2 is 1.87 bits per heavy atom. The number of urea groups is 1. The molecule has 1 N–H and O–H groups in total. The molecule has 0 unspecified atom stereocenters. The number of rotatable bonds is 4. The molecule has 0 aromatic heterocycles. The lowest BCUT2D eigenvalue weighted by atomic mass is 10.5. The first-order valence-electron chi connectivity index (χ1n) is 5.30. The Balaban J connectivity index is 2.29. The van der Waals surface area contributed by atoms with Gasteiger partial charge in [-0.3, -0.25) is 4.79 Å². The van der Waals surface area contributed by atoms with E-state index in [0.29, 0.717) is 12.6 Å². The molecular weight excluding hydrogens is 194 g/mol. The number of likely N-dealkylation sites (N-methyl/N-ethyl adjacent to an activating group) is 1. The Kier molecular flexibility index (Phi) is 3.94. The summed E-state index contributed by atoms with van der Waals surface area (Å²) in [6.07, 6.45) is 2.14. The van der Waals surface area contributed by atoms with Crippen LogP contribution in [0.3, 0.4) is 0 Å². The summed E-state index contributed by atoms with van der Waals surface area (Å²) < 4.78 is 0. The van der Waals surface area contributed by atoms with Gasteiger partial charge in [0.15, 0.2) is 0 Å². The highest BCUT2D eigenvalue weighted by atomic mass is 16.2. The molecule has 0 radical (unpaired) electrons. The minimum Gasteiger partial charge on any atom is -0.352 e. The minimum absolute atomic E-state index is 0.0714. The van der Waals surface area contributed by atoms with Crippen molar-refractivity contribution in [3.63, 3.8) is 0 Å². The van der Waals surface area contributed by atoms with E-state index in [2.05, 4.69) is 5.32 Å². The summed E-state index contributed by atoms with van der Waals surface area (Å²) >= 11 is 0. The molecule has 0 aromatic rings. The second-order valence-corrected chi connectivity index (χ2v) is 3.99. The van der Waals surface area contributed by atoms with Gasteiger partial charge in [0, 0.05) is 26.7 Å². The lowest BCUT2D eigenvalue weighted by molar-refractivity contribution is -0.121. The largest absolute Gasteiger partial charge is 0.352 e. The molecule has 1 aliphatic rings. The van der Waals surface area contributed by atoms with Crippen molar-refractivity contribution in [3.8, 4) is 0 Å². The van der Waals surface area contributed by atoms with Crippen molar-refractivity contribution in [1.82, 2.24) is 15.1 Å². The monoisotopic (exact) mass is 213 g/mol. The highest BCUT2D eigenvalue weighted by Gasteiger charge is 2.24. The van der Waals surface area contributed by atoms with Crippen LogP contribution in [0.2, 0.25) is 0 Å². The minimum atomic E-state index is -0.122. The SMILES string of the molecule is CCN(C)C(=O)N(C)CC(=O)NC1CC1. The Labute approximate surface area is 90.4 Å². The van der Waals surface area contributed by atoms with E-state index in [-0.39, 0.29) is 18.5 Å². The van der Waals surface area contributed by atoms with E-state index in [4.69, 9.17) is 0 Å². The summed E-state index contributed by atoms with van der Waals surface area (Å²) in [7, 11) is 3.36. The van der Waals surface area contributed by atoms with Gasteiger partial charge in [-0.1, -0.05) is 0 Å². The molecule has 0 aliphatic heterocycles. The second-order valence-electron chi connectivity index (χ2n) is 3.99. The van der Waals surface area contributed by atoms with Gasteiger partial charge in [-0.15, -0.1) is 0 Å². The van der Waals surface area contributed by atoms with Crippen LogP contribution in [0.1, 0.15) is 19.8 Å². The molecule has 86 valence electrons. The molecule has 3 amide bonds. The average molecular weight is 213 g/mol. The molecular formula is C10H19N3O2. The fourth-order valence-electron chi connectivity index (χ4n) is 1.21. The molecule has 5 heteroatoms. The van der Waals surface area contributed by atoms with Crippen LogP contribution >= 0.6 is 0 Å². The van der Waals surface area contributed by atoms with Gasteiger partial charge >= 0.3 is 6.03 Å². The first-order chi connectivity index (χ1) is 7.04. The summed E-state index contributed by atoms with van der Waals surface area (Å²) in [5.41, 5.74) is 0. The molecule has 1 saturated carbocycles. The first kappa shape index (κ1) is 11.8. The topological polar surface area (TPSA) is 52.7 Å². The normalized spacial score (nSPS) is 14.6. The maximum atomic E-state index is 11.6. The molecule has 1 rings (SSSR count). The maximum Gasteiger partial charge on any atom is 0.319 e. The van der Waals surface area contributed by atoms with E-state index in [0.717, 1.165) is 12.8 Å². The number of hydrogen-bond donors (Lipinski definition) is 1. The van der Waals surface area contributed by atoms with E-state index in [1.165, 1.54) is 4.90 Å². The molecule has 0 saturated heterocycles. The van der Waals surface area contributed by atoms with E-state index >= 15 is 0 Å². The van der Waals surface area contributed by atoms with Gasteiger partial charge in [0.1, 0.15) is 6.54 Å². The van der Waals surface area contributed by atoms with Crippen LogP contribution in [0.4, 0.5) is 4.79 Å². The summed E-state index contributed by atoms with van der Waals surface area (Å²) in [5.74, 6) is -0.0714. The lowest BCUT2D eigenvalue weighted by Gasteiger charge is -2.23. The summed E-state index contributed by atoms with van der Waals surface area (Å²) in [6.45, 7) is 2.68. The Morgan fingerprint density at radius 1 is 1.27 bits per heavy atom. The van der Waals surface area contributed by atoms with Gasteiger partial charge in [-0.25, -0.2) is 4.79 Å². The number of carbonyl (C=O) groups excluding carboxylic acids is 2. The number of amides is 3. The van der Waals surface area contributed by atoms with Crippen molar-refractivity contribution in [2.45, 2.75) is 25.8 Å². The van der Waals surface area contributed by atoms with E-state index in [9.17, 15) is 9.59 Å². The van der Waals surface area contributed by atoms with E-state index in [1.54, 1.807) is 19.0 Å². The predicted octanol–water partition coefficient (Wildman–Crippen LogP) is 0.269. The third-order valence-corrected chi connectivity index (χ3v) is 2.45. The van der Waals surface area contributed by atoms with Gasteiger partial charge < -0.3 is 15.1 Å². The maximum absolute atomic E-state index is 11.6. The van der Waals surface area contributed by atoms with Crippen LogP contribution in [-0.2, 0) is 4.79 Å². The van der Waals surface area contributed by atoms with Crippen molar-refractivity contribution in [2.75, 3.05) is 27.2 Å². The quantitative estimate of drug-likeness (QED) is 0.728. The molecule has 0 bridgehead atoms. The van der Waals surface area contributed by atoms with E-state index in [1.807, 2.05) is 6.92 Å². The van der Waals surface area contributed by atoms with Gasteiger partial charge in [-0.05, 0) is 19.8 Å². The number of nitrogens with one attached hydrogen (secondary N) is 1. The fourth-order valence-corrected chi connectivity index (χ4v) is 1.21. The molecule has 1 fully saturated rings.